The maximum atomic E-state index is 13.4. The van der Waals surface area contributed by atoms with Crippen molar-refractivity contribution in [2.45, 2.75) is 25.0 Å². The van der Waals surface area contributed by atoms with E-state index in [2.05, 4.69) is 0 Å². The lowest BCUT2D eigenvalue weighted by Gasteiger charge is -2.11. The third kappa shape index (κ3) is 4.30. The minimum absolute atomic E-state index is 0.0708. The highest BCUT2D eigenvalue weighted by molar-refractivity contribution is 6.00. The number of aliphatic carboxylic acids is 1. The molecule has 1 heterocycles. The summed E-state index contributed by atoms with van der Waals surface area (Å²) in [6.45, 7) is 0. The van der Waals surface area contributed by atoms with E-state index in [1.54, 1.807) is 18.2 Å². The van der Waals surface area contributed by atoms with Crippen molar-refractivity contribution < 1.29 is 24.5 Å². The second-order valence-corrected chi connectivity index (χ2v) is 6.76. The summed E-state index contributed by atoms with van der Waals surface area (Å²) in [4.78, 5) is 10.7. The predicted octanol–water partition coefficient (Wildman–Crippen LogP) is 3.58. The van der Waals surface area contributed by atoms with Gasteiger partial charge >= 0.3 is 5.97 Å². The first-order valence-corrected chi connectivity index (χ1v) is 8.96. The Morgan fingerprint density at radius 1 is 1.14 bits per heavy atom. The molecular formula is C22H22FNO4. The standard InChI is InChI=1S/C22H22FNO4/c1-24-19-5-3-2-4-18(19)22(14-6-8-15(23)9-7-14)20(24)11-10-16(25)12-17(26)13-21(27)28/h2-11,16-17,25-26H,12-13H2,1H3,(H,27,28)/b11-10+/t16-,17-/m1/s1. The molecule has 2 atom stereocenters. The maximum Gasteiger partial charge on any atom is 0.305 e. The molecule has 1 aromatic heterocycles. The van der Waals surface area contributed by atoms with Gasteiger partial charge in [0.25, 0.3) is 0 Å². The van der Waals surface area contributed by atoms with E-state index in [4.69, 9.17) is 5.11 Å². The van der Waals surface area contributed by atoms with Crippen molar-refractivity contribution in [1.29, 1.82) is 0 Å². The van der Waals surface area contributed by atoms with Crippen molar-refractivity contribution in [3.63, 3.8) is 0 Å². The minimum Gasteiger partial charge on any atom is -0.481 e. The Kier molecular flexibility index (Phi) is 5.92. The van der Waals surface area contributed by atoms with Crippen LogP contribution in [0.5, 0.6) is 0 Å². The third-order valence-corrected chi connectivity index (χ3v) is 4.69. The molecule has 0 saturated heterocycles. The normalized spacial score (nSPS) is 13.9. The van der Waals surface area contributed by atoms with Crippen LogP contribution < -0.4 is 0 Å². The second-order valence-electron chi connectivity index (χ2n) is 6.76. The molecule has 5 nitrogen and oxygen atoms in total. The number of hydrogen-bond acceptors (Lipinski definition) is 3. The first-order valence-electron chi connectivity index (χ1n) is 8.96. The molecule has 0 unspecified atom stereocenters. The van der Waals surface area contributed by atoms with Gasteiger partial charge in [0.05, 0.1) is 18.6 Å². The van der Waals surface area contributed by atoms with Gasteiger partial charge in [0.2, 0.25) is 0 Å². The lowest BCUT2D eigenvalue weighted by atomic mass is 10.0. The van der Waals surface area contributed by atoms with Crippen molar-refractivity contribution >= 4 is 22.9 Å². The van der Waals surface area contributed by atoms with Gasteiger partial charge in [-0.05, 0) is 29.8 Å². The smallest absolute Gasteiger partial charge is 0.305 e. The Labute approximate surface area is 162 Å². The molecule has 28 heavy (non-hydrogen) atoms. The number of aliphatic hydroxyl groups is 2. The quantitative estimate of drug-likeness (QED) is 0.582. The van der Waals surface area contributed by atoms with Crippen LogP contribution in [0.2, 0.25) is 0 Å². The van der Waals surface area contributed by atoms with Gasteiger partial charge in [-0.1, -0.05) is 36.4 Å². The first-order chi connectivity index (χ1) is 13.4. The summed E-state index contributed by atoms with van der Waals surface area (Å²) in [5.41, 5.74) is 3.56. The summed E-state index contributed by atoms with van der Waals surface area (Å²) in [5, 5.41) is 29.6. The highest BCUT2D eigenvalue weighted by Gasteiger charge is 2.16. The highest BCUT2D eigenvalue weighted by Crippen LogP contribution is 2.35. The van der Waals surface area contributed by atoms with Crippen molar-refractivity contribution in [2.24, 2.45) is 7.05 Å². The topological polar surface area (TPSA) is 82.7 Å². The van der Waals surface area contributed by atoms with Crippen LogP contribution in [0.4, 0.5) is 4.39 Å². The van der Waals surface area contributed by atoms with Gasteiger partial charge in [-0.15, -0.1) is 0 Å². The number of carbonyl (C=O) groups is 1. The van der Waals surface area contributed by atoms with E-state index in [9.17, 15) is 19.4 Å². The van der Waals surface area contributed by atoms with Crippen LogP contribution in [0.25, 0.3) is 28.1 Å². The Balaban J connectivity index is 1.98. The van der Waals surface area contributed by atoms with Crippen molar-refractivity contribution in [3.8, 4) is 11.1 Å². The average molecular weight is 383 g/mol. The summed E-state index contributed by atoms with van der Waals surface area (Å²) in [7, 11) is 1.90. The van der Waals surface area contributed by atoms with E-state index in [1.165, 1.54) is 18.2 Å². The van der Waals surface area contributed by atoms with Gasteiger partial charge in [-0.3, -0.25) is 4.79 Å². The Morgan fingerprint density at radius 3 is 2.50 bits per heavy atom. The SMILES string of the molecule is Cn1c(/C=C/[C@@H](O)C[C@@H](O)CC(=O)O)c(-c2ccc(F)cc2)c2ccccc21. The Bertz CT molecular complexity index is 1010. The number of hydrogen-bond donors (Lipinski definition) is 3. The zero-order valence-electron chi connectivity index (χ0n) is 15.4. The van der Waals surface area contributed by atoms with Crippen molar-refractivity contribution in [1.82, 2.24) is 4.57 Å². The van der Waals surface area contributed by atoms with Gasteiger partial charge in [0.1, 0.15) is 5.82 Å². The number of rotatable bonds is 7. The van der Waals surface area contributed by atoms with Gasteiger partial charge in [0, 0.05) is 35.6 Å². The van der Waals surface area contributed by atoms with Gasteiger partial charge in [-0.25, -0.2) is 4.39 Å². The summed E-state index contributed by atoms with van der Waals surface area (Å²) < 4.78 is 15.3. The number of benzene rings is 2. The molecule has 146 valence electrons. The van der Waals surface area contributed by atoms with Crippen molar-refractivity contribution in [2.75, 3.05) is 0 Å². The lowest BCUT2D eigenvalue weighted by molar-refractivity contribution is -0.139. The van der Waals surface area contributed by atoms with Gasteiger partial charge in [-0.2, -0.15) is 0 Å². The molecule has 0 bridgehead atoms. The second kappa shape index (κ2) is 8.37. The summed E-state index contributed by atoms with van der Waals surface area (Å²) >= 11 is 0. The number of aliphatic hydroxyl groups excluding tert-OH is 2. The van der Waals surface area contributed by atoms with Crippen LogP contribution >= 0.6 is 0 Å². The maximum absolute atomic E-state index is 13.4. The van der Waals surface area contributed by atoms with Crippen LogP contribution in [-0.4, -0.2) is 38.1 Å². The van der Waals surface area contributed by atoms with Crippen LogP contribution in [0.3, 0.4) is 0 Å². The highest BCUT2D eigenvalue weighted by atomic mass is 19.1. The van der Waals surface area contributed by atoms with E-state index in [0.29, 0.717) is 0 Å². The monoisotopic (exact) mass is 383 g/mol. The molecule has 6 heteroatoms. The molecular weight excluding hydrogens is 361 g/mol. The van der Waals surface area contributed by atoms with E-state index < -0.39 is 24.6 Å². The zero-order valence-corrected chi connectivity index (χ0v) is 15.4. The third-order valence-electron chi connectivity index (χ3n) is 4.69. The predicted molar refractivity (Wildman–Crippen MR) is 106 cm³/mol. The fourth-order valence-corrected chi connectivity index (χ4v) is 3.37. The summed E-state index contributed by atoms with van der Waals surface area (Å²) in [6.07, 6.45) is 0.677. The fourth-order valence-electron chi connectivity index (χ4n) is 3.37. The summed E-state index contributed by atoms with van der Waals surface area (Å²) in [5.74, 6) is -1.43. The Hall–Kier alpha value is -2.96. The molecule has 3 rings (SSSR count). The van der Waals surface area contributed by atoms with Crippen LogP contribution in [0, 0.1) is 5.82 Å². The van der Waals surface area contributed by atoms with Crippen molar-refractivity contribution in [3.05, 3.63) is 66.1 Å². The molecule has 2 aromatic carbocycles. The Morgan fingerprint density at radius 2 is 1.82 bits per heavy atom. The first kappa shape index (κ1) is 19.8. The number of carboxylic acids is 1. The van der Waals surface area contributed by atoms with E-state index >= 15 is 0 Å². The lowest BCUT2D eigenvalue weighted by Crippen LogP contribution is -2.19. The largest absolute Gasteiger partial charge is 0.481 e. The van der Waals surface area contributed by atoms with Crippen LogP contribution in [-0.2, 0) is 11.8 Å². The molecule has 0 radical (unpaired) electrons. The summed E-state index contributed by atoms with van der Waals surface area (Å²) in [6, 6.07) is 14.1. The minimum atomic E-state index is -1.12. The van der Waals surface area contributed by atoms with Gasteiger partial charge in [0.15, 0.2) is 0 Å². The fraction of sp³-hybridized carbons (Fsp3) is 0.227. The number of aryl methyl sites for hydroxylation is 1. The average Bonchev–Trinajstić information content (AvgIpc) is 2.92. The van der Waals surface area contributed by atoms with Crippen LogP contribution in [0.15, 0.2) is 54.6 Å². The van der Waals surface area contributed by atoms with E-state index in [0.717, 1.165) is 27.7 Å². The zero-order chi connectivity index (χ0) is 20.3. The van der Waals surface area contributed by atoms with E-state index in [1.807, 2.05) is 35.9 Å². The molecule has 0 amide bonds. The molecule has 0 aliphatic heterocycles. The van der Waals surface area contributed by atoms with Gasteiger partial charge < -0.3 is 19.9 Å². The molecule has 0 spiro atoms. The molecule has 0 saturated carbocycles. The van der Waals surface area contributed by atoms with E-state index in [-0.39, 0.29) is 12.2 Å². The number of fused-ring (bicyclic) bond motifs is 1. The number of carboxylic acid groups (broad SMARTS) is 1. The number of aromatic nitrogens is 1. The molecule has 0 aliphatic carbocycles. The number of para-hydroxylation sites is 1. The number of halogens is 1. The van der Waals surface area contributed by atoms with Crippen LogP contribution in [0.1, 0.15) is 18.5 Å². The molecule has 0 aliphatic rings. The number of nitrogens with zero attached hydrogens (tertiary/aromatic N) is 1. The molecule has 3 N–H and O–H groups in total. The molecule has 0 fully saturated rings. The molecule has 3 aromatic rings.